The fourth-order valence-electron chi connectivity index (χ4n) is 3.82. The van der Waals surface area contributed by atoms with Gasteiger partial charge in [-0.2, -0.15) is 0 Å². The number of hydrogen-bond acceptors (Lipinski definition) is 1. The van der Waals surface area contributed by atoms with Crippen molar-refractivity contribution in [3.05, 3.63) is 34.9 Å². The van der Waals surface area contributed by atoms with Crippen LogP contribution in [-0.4, -0.2) is 7.05 Å². The summed E-state index contributed by atoms with van der Waals surface area (Å²) in [5.74, 6) is 2.73. The van der Waals surface area contributed by atoms with Gasteiger partial charge in [-0.05, 0) is 49.3 Å². The lowest BCUT2D eigenvalue weighted by molar-refractivity contribution is 0.480. The second-order valence-corrected chi connectivity index (χ2v) is 5.88. The van der Waals surface area contributed by atoms with Gasteiger partial charge in [-0.25, -0.2) is 0 Å². The fraction of sp³-hybridized carbons (Fsp3) is 0.600. The molecule has 2 saturated carbocycles. The molecule has 0 aliphatic heterocycles. The van der Waals surface area contributed by atoms with Crippen molar-refractivity contribution in [3.63, 3.8) is 0 Å². The van der Waals surface area contributed by atoms with Gasteiger partial charge in [0.2, 0.25) is 0 Å². The van der Waals surface area contributed by atoms with E-state index in [4.69, 9.17) is 11.6 Å². The molecule has 2 aliphatic carbocycles. The Bertz CT molecular complexity index is 392. The van der Waals surface area contributed by atoms with Crippen molar-refractivity contribution in [2.45, 2.75) is 31.7 Å². The number of hydrogen-bond donors (Lipinski definition) is 1. The van der Waals surface area contributed by atoms with Crippen LogP contribution in [0.2, 0.25) is 5.02 Å². The molecule has 0 heterocycles. The lowest BCUT2D eigenvalue weighted by Crippen LogP contribution is -2.20. The van der Waals surface area contributed by atoms with Gasteiger partial charge < -0.3 is 5.32 Å². The highest BCUT2D eigenvalue weighted by atomic mass is 35.5. The number of halogens is 1. The molecule has 2 fully saturated rings. The molecule has 0 radical (unpaired) electrons. The van der Waals surface area contributed by atoms with Crippen LogP contribution in [0.5, 0.6) is 0 Å². The highest BCUT2D eigenvalue weighted by Gasteiger charge is 2.54. The highest BCUT2D eigenvalue weighted by Crippen LogP contribution is 2.60. The van der Waals surface area contributed by atoms with E-state index in [0.717, 1.165) is 22.8 Å². The number of nitrogens with one attached hydrogen (secondary N) is 1. The van der Waals surface area contributed by atoms with Gasteiger partial charge in [0, 0.05) is 11.1 Å². The van der Waals surface area contributed by atoms with Crippen molar-refractivity contribution in [2.75, 3.05) is 7.05 Å². The maximum absolute atomic E-state index is 6.33. The quantitative estimate of drug-likeness (QED) is 0.853. The Morgan fingerprint density at radius 2 is 1.82 bits per heavy atom. The average molecular weight is 250 g/mol. The average Bonchev–Trinajstić information content (AvgIpc) is 3.07. The fourth-order valence-corrected chi connectivity index (χ4v) is 4.08. The number of fused-ring (bicyclic) bond motifs is 1. The third-order valence-corrected chi connectivity index (χ3v) is 5.00. The van der Waals surface area contributed by atoms with Crippen molar-refractivity contribution in [1.82, 2.24) is 5.32 Å². The molecule has 17 heavy (non-hydrogen) atoms. The Hall–Kier alpha value is -0.530. The molecular weight excluding hydrogens is 230 g/mol. The summed E-state index contributed by atoms with van der Waals surface area (Å²) >= 11 is 6.33. The summed E-state index contributed by atoms with van der Waals surface area (Å²) < 4.78 is 0. The molecule has 0 aromatic heterocycles. The van der Waals surface area contributed by atoms with Gasteiger partial charge in [-0.15, -0.1) is 0 Å². The predicted molar refractivity (Wildman–Crippen MR) is 72.2 cm³/mol. The van der Waals surface area contributed by atoms with Crippen LogP contribution in [-0.2, 0) is 0 Å². The molecule has 1 nitrogen and oxygen atoms in total. The minimum atomic E-state index is 0.455. The van der Waals surface area contributed by atoms with Crippen LogP contribution in [0.3, 0.4) is 0 Å². The zero-order valence-electron chi connectivity index (χ0n) is 10.3. The smallest absolute Gasteiger partial charge is 0.0453 e. The first-order valence-electron chi connectivity index (χ1n) is 6.74. The molecule has 2 heteroatoms. The minimum Gasteiger partial charge on any atom is -0.313 e. The van der Waals surface area contributed by atoms with Crippen LogP contribution >= 0.6 is 11.6 Å². The van der Waals surface area contributed by atoms with Crippen LogP contribution in [0, 0.1) is 17.8 Å². The first kappa shape index (κ1) is 11.6. The van der Waals surface area contributed by atoms with E-state index in [2.05, 4.69) is 24.5 Å². The van der Waals surface area contributed by atoms with Gasteiger partial charge in [-0.1, -0.05) is 42.6 Å². The van der Waals surface area contributed by atoms with Crippen molar-refractivity contribution >= 4 is 11.6 Å². The van der Waals surface area contributed by atoms with Crippen LogP contribution < -0.4 is 5.32 Å². The molecule has 92 valence electrons. The molecule has 2 aliphatic rings. The SMILES string of the molecule is CNC(c1ccccc1Cl)C1C2CCCCC21. The Morgan fingerprint density at radius 3 is 2.41 bits per heavy atom. The third-order valence-electron chi connectivity index (χ3n) is 4.66. The first-order chi connectivity index (χ1) is 8.33. The first-order valence-corrected chi connectivity index (χ1v) is 7.12. The molecule has 3 rings (SSSR count). The van der Waals surface area contributed by atoms with E-state index in [1.165, 1.54) is 31.2 Å². The summed E-state index contributed by atoms with van der Waals surface area (Å²) in [4.78, 5) is 0. The van der Waals surface area contributed by atoms with Crippen molar-refractivity contribution < 1.29 is 0 Å². The molecule has 3 unspecified atom stereocenters. The van der Waals surface area contributed by atoms with Gasteiger partial charge in [0.1, 0.15) is 0 Å². The largest absolute Gasteiger partial charge is 0.313 e. The van der Waals surface area contributed by atoms with Crippen LogP contribution in [0.4, 0.5) is 0 Å². The molecule has 1 aromatic carbocycles. The maximum atomic E-state index is 6.33. The summed E-state index contributed by atoms with van der Waals surface area (Å²) in [6.07, 6.45) is 5.71. The monoisotopic (exact) mass is 249 g/mol. The predicted octanol–water partition coefficient (Wildman–Crippen LogP) is 4.04. The van der Waals surface area contributed by atoms with E-state index in [9.17, 15) is 0 Å². The maximum Gasteiger partial charge on any atom is 0.0453 e. The van der Waals surface area contributed by atoms with E-state index in [0.29, 0.717) is 6.04 Å². The second kappa shape index (κ2) is 4.62. The van der Waals surface area contributed by atoms with Crippen molar-refractivity contribution in [3.8, 4) is 0 Å². The Labute approximate surface area is 109 Å². The van der Waals surface area contributed by atoms with Crippen molar-refractivity contribution in [1.29, 1.82) is 0 Å². The standard InChI is InChI=1S/C15H20ClN/c1-17-15(12-8-4-5-9-13(12)16)14-10-6-2-3-7-11(10)14/h4-5,8-11,14-15,17H,2-3,6-7H2,1H3. The summed E-state index contributed by atoms with van der Waals surface area (Å²) in [5.41, 5.74) is 1.29. The van der Waals surface area contributed by atoms with Crippen LogP contribution in [0.25, 0.3) is 0 Å². The summed E-state index contributed by atoms with van der Waals surface area (Å²) in [6, 6.07) is 8.74. The Balaban J connectivity index is 1.83. The lowest BCUT2D eigenvalue weighted by Gasteiger charge is -2.18. The van der Waals surface area contributed by atoms with Crippen LogP contribution in [0.15, 0.2) is 24.3 Å². The molecule has 0 saturated heterocycles. The third kappa shape index (κ3) is 2.00. The summed E-state index contributed by atoms with van der Waals surface area (Å²) in [6.45, 7) is 0. The van der Waals surface area contributed by atoms with E-state index in [-0.39, 0.29) is 0 Å². The molecule has 0 amide bonds. The van der Waals surface area contributed by atoms with Gasteiger partial charge in [0.25, 0.3) is 0 Å². The molecule has 0 spiro atoms. The number of benzene rings is 1. The zero-order valence-corrected chi connectivity index (χ0v) is 11.1. The van der Waals surface area contributed by atoms with Crippen LogP contribution in [0.1, 0.15) is 37.3 Å². The molecular formula is C15H20ClN. The Morgan fingerprint density at radius 1 is 1.18 bits per heavy atom. The van der Waals surface area contributed by atoms with Gasteiger partial charge in [0.05, 0.1) is 0 Å². The summed E-state index contributed by atoms with van der Waals surface area (Å²) in [7, 11) is 2.07. The van der Waals surface area contributed by atoms with Gasteiger partial charge in [-0.3, -0.25) is 0 Å². The molecule has 1 N–H and O–H groups in total. The highest BCUT2D eigenvalue weighted by molar-refractivity contribution is 6.31. The van der Waals surface area contributed by atoms with E-state index >= 15 is 0 Å². The van der Waals surface area contributed by atoms with Crippen molar-refractivity contribution in [2.24, 2.45) is 17.8 Å². The summed E-state index contributed by atoms with van der Waals surface area (Å²) in [5, 5.41) is 4.41. The van der Waals surface area contributed by atoms with Gasteiger partial charge in [0.15, 0.2) is 0 Å². The van der Waals surface area contributed by atoms with Gasteiger partial charge >= 0.3 is 0 Å². The molecule has 1 aromatic rings. The Kier molecular flexibility index (Phi) is 3.14. The van der Waals surface area contributed by atoms with E-state index in [1.807, 2.05) is 12.1 Å². The lowest BCUT2D eigenvalue weighted by atomic mass is 10.00. The van der Waals surface area contributed by atoms with E-state index < -0.39 is 0 Å². The second-order valence-electron chi connectivity index (χ2n) is 5.48. The molecule has 0 bridgehead atoms. The normalized spacial score (nSPS) is 32.9. The molecule has 3 atom stereocenters. The topological polar surface area (TPSA) is 12.0 Å². The zero-order chi connectivity index (χ0) is 11.8. The number of rotatable bonds is 3. The van der Waals surface area contributed by atoms with E-state index in [1.54, 1.807) is 0 Å². The minimum absolute atomic E-state index is 0.455.